The summed E-state index contributed by atoms with van der Waals surface area (Å²) in [5.74, 6) is -1.12. The van der Waals surface area contributed by atoms with Gasteiger partial charge in [0.25, 0.3) is 0 Å². The van der Waals surface area contributed by atoms with Crippen LogP contribution in [0.3, 0.4) is 0 Å². The highest BCUT2D eigenvalue weighted by atomic mass is 19.1. The summed E-state index contributed by atoms with van der Waals surface area (Å²) in [6, 6.07) is 5.41. The predicted octanol–water partition coefficient (Wildman–Crippen LogP) is 2.51. The third-order valence-corrected chi connectivity index (χ3v) is 3.15. The lowest BCUT2D eigenvalue weighted by Crippen LogP contribution is -2.20. The van der Waals surface area contributed by atoms with Gasteiger partial charge in [0.15, 0.2) is 0 Å². The first kappa shape index (κ1) is 13.7. The fourth-order valence-corrected chi connectivity index (χ4v) is 2.23. The largest absolute Gasteiger partial charge is 0.313 e. The van der Waals surface area contributed by atoms with Crippen molar-refractivity contribution in [2.75, 3.05) is 7.05 Å². The van der Waals surface area contributed by atoms with Crippen molar-refractivity contribution < 1.29 is 8.78 Å². The maximum atomic E-state index is 13.3. The first-order valence-electron chi connectivity index (χ1n) is 6.12. The van der Waals surface area contributed by atoms with Crippen molar-refractivity contribution in [3.05, 3.63) is 52.9 Å². The summed E-state index contributed by atoms with van der Waals surface area (Å²) < 4.78 is 28.3. The van der Waals surface area contributed by atoms with Gasteiger partial charge in [0.05, 0.1) is 5.69 Å². The summed E-state index contributed by atoms with van der Waals surface area (Å²) in [5.41, 5.74) is 2.54. The van der Waals surface area contributed by atoms with E-state index in [-0.39, 0.29) is 6.04 Å². The standard InChI is InChI=1S/C14H17F2N3/c1-9-4-13(19(3)18-9)8-14(17-2)10-5-11(15)7-12(16)6-10/h4-7,14,17H,8H2,1-3H3. The van der Waals surface area contributed by atoms with Crippen LogP contribution in [0.1, 0.15) is 23.0 Å². The highest BCUT2D eigenvalue weighted by Gasteiger charge is 2.15. The normalized spacial score (nSPS) is 12.7. The van der Waals surface area contributed by atoms with Gasteiger partial charge in [0.1, 0.15) is 11.6 Å². The topological polar surface area (TPSA) is 29.9 Å². The monoisotopic (exact) mass is 265 g/mol. The second-order valence-corrected chi connectivity index (χ2v) is 4.65. The van der Waals surface area contributed by atoms with E-state index < -0.39 is 11.6 Å². The van der Waals surface area contributed by atoms with E-state index in [4.69, 9.17) is 0 Å². The number of aryl methyl sites for hydroxylation is 2. The summed E-state index contributed by atoms with van der Waals surface area (Å²) in [6.45, 7) is 1.92. The highest BCUT2D eigenvalue weighted by molar-refractivity contribution is 5.23. The molecule has 0 aliphatic rings. The molecule has 1 atom stereocenters. The molecular formula is C14H17F2N3. The van der Waals surface area contributed by atoms with Crippen LogP contribution in [0.2, 0.25) is 0 Å². The SMILES string of the molecule is CNC(Cc1cc(C)nn1C)c1cc(F)cc(F)c1. The fourth-order valence-electron chi connectivity index (χ4n) is 2.23. The molecule has 2 aromatic rings. The summed E-state index contributed by atoms with van der Waals surface area (Å²) >= 11 is 0. The van der Waals surface area contributed by atoms with E-state index >= 15 is 0 Å². The van der Waals surface area contributed by atoms with E-state index in [1.165, 1.54) is 12.1 Å². The highest BCUT2D eigenvalue weighted by Crippen LogP contribution is 2.20. The van der Waals surface area contributed by atoms with E-state index in [0.717, 1.165) is 17.5 Å². The molecule has 0 saturated carbocycles. The Morgan fingerprint density at radius 2 is 1.84 bits per heavy atom. The third-order valence-electron chi connectivity index (χ3n) is 3.15. The van der Waals surface area contributed by atoms with Crippen LogP contribution >= 0.6 is 0 Å². The number of rotatable bonds is 4. The van der Waals surface area contributed by atoms with Gasteiger partial charge >= 0.3 is 0 Å². The van der Waals surface area contributed by atoms with Gasteiger partial charge in [-0.2, -0.15) is 5.10 Å². The molecule has 0 radical (unpaired) electrons. The van der Waals surface area contributed by atoms with E-state index in [9.17, 15) is 8.78 Å². The molecule has 0 aliphatic carbocycles. The predicted molar refractivity (Wildman–Crippen MR) is 69.8 cm³/mol. The molecule has 0 bridgehead atoms. The molecule has 0 fully saturated rings. The summed E-state index contributed by atoms with van der Waals surface area (Å²) in [6.07, 6.45) is 0.622. The molecule has 1 aromatic heterocycles. The van der Waals surface area contributed by atoms with Crippen molar-refractivity contribution in [1.29, 1.82) is 0 Å². The number of halogens is 2. The van der Waals surface area contributed by atoms with Gasteiger partial charge in [-0.1, -0.05) is 0 Å². The van der Waals surface area contributed by atoms with Crippen molar-refractivity contribution in [1.82, 2.24) is 15.1 Å². The first-order valence-corrected chi connectivity index (χ1v) is 6.12. The molecule has 0 aliphatic heterocycles. The number of aromatic nitrogens is 2. The Kier molecular flexibility index (Phi) is 3.95. The van der Waals surface area contributed by atoms with Crippen molar-refractivity contribution in [2.45, 2.75) is 19.4 Å². The maximum Gasteiger partial charge on any atom is 0.126 e. The van der Waals surface area contributed by atoms with Gasteiger partial charge in [-0.3, -0.25) is 4.68 Å². The number of benzene rings is 1. The van der Waals surface area contributed by atoms with E-state index in [1.54, 1.807) is 11.7 Å². The van der Waals surface area contributed by atoms with Crippen molar-refractivity contribution >= 4 is 0 Å². The molecule has 3 nitrogen and oxygen atoms in total. The molecule has 1 aromatic carbocycles. The smallest absolute Gasteiger partial charge is 0.126 e. The van der Waals surface area contributed by atoms with Crippen molar-refractivity contribution in [3.8, 4) is 0 Å². The Morgan fingerprint density at radius 1 is 1.21 bits per heavy atom. The van der Waals surface area contributed by atoms with Gasteiger partial charge < -0.3 is 5.32 Å². The van der Waals surface area contributed by atoms with Crippen LogP contribution in [0, 0.1) is 18.6 Å². The van der Waals surface area contributed by atoms with Crippen molar-refractivity contribution in [3.63, 3.8) is 0 Å². The zero-order chi connectivity index (χ0) is 14.0. The Morgan fingerprint density at radius 3 is 2.32 bits per heavy atom. The van der Waals surface area contributed by atoms with Gasteiger partial charge in [0.2, 0.25) is 0 Å². The Labute approximate surface area is 111 Å². The lowest BCUT2D eigenvalue weighted by molar-refractivity contribution is 0.538. The Hall–Kier alpha value is -1.75. The molecule has 102 valence electrons. The van der Waals surface area contributed by atoms with Gasteiger partial charge in [0, 0.05) is 31.3 Å². The first-order chi connectivity index (χ1) is 8.99. The minimum absolute atomic E-state index is 0.153. The molecule has 1 heterocycles. The molecule has 5 heteroatoms. The number of likely N-dealkylation sites (N-methyl/N-ethyl adjacent to an activating group) is 1. The molecule has 1 N–H and O–H groups in total. The van der Waals surface area contributed by atoms with E-state index in [2.05, 4.69) is 10.4 Å². The molecule has 0 amide bonds. The van der Waals surface area contributed by atoms with E-state index in [0.29, 0.717) is 12.0 Å². The lowest BCUT2D eigenvalue weighted by Gasteiger charge is -2.17. The number of hydrogen-bond acceptors (Lipinski definition) is 2. The minimum atomic E-state index is -0.559. The average Bonchev–Trinajstić information content (AvgIpc) is 2.63. The summed E-state index contributed by atoms with van der Waals surface area (Å²) in [4.78, 5) is 0. The number of nitrogens with zero attached hydrogens (tertiary/aromatic N) is 2. The Balaban J connectivity index is 2.27. The molecule has 19 heavy (non-hydrogen) atoms. The van der Waals surface area contributed by atoms with Gasteiger partial charge in [-0.05, 0) is 37.7 Å². The van der Waals surface area contributed by atoms with Crippen LogP contribution in [0.25, 0.3) is 0 Å². The third kappa shape index (κ3) is 3.17. The zero-order valence-electron chi connectivity index (χ0n) is 11.2. The second-order valence-electron chi connectivity index (χ2n) is 4.65. The zero-order valence-corrected chi connectivity index (χ0v) is 11.2. The second kappa shape index (κ2) is 5.48. The van der Waals surface area contributed by atoms with Crippen LogP contribution in [0.4, 0.5) is 8.78 Å². The minimum Gasteiger partial charge on any atom is -0.313 e. The van der Waals surface area contributed by atoms with Crippen LogP contribution in [0.5, 0.6) is 0 Å². The molecule has 0 spiro atoms. The molecule has 1 unspecified atom stereocenters. The van der Waals surface area contributed by atoms with Crippen LogP contribution < -0.4 is 5.32 Å². The molecular weight excluding hydrogens is 248 g/mol. The van der Waals surface area contributed by atoms with Gasteiger partial charge in [-0.25, -0.2) is 8.78 Å². The molecule has 2 rings (SSSR count). The summed E-state index contributed by atoms with van der Waals surface area (Å²) in [7, 11) is 3.64. The lowest BCUT2D eigenvalue weighted by atomic mass is 10.0. The Bertz CT molecular complexity index is 558. The van der Waals surface area contributed by atoms with Crippen LogP contribution in [-0.4, -0.2) is 16.8 Å². The maximum absolute atomic E-state index is 13.3. The fraction of sp³-hybridized carbons (Fsp3) is 0.357. The van der Waals surface area contributed by atoms with E-state index in [1.807, 2.05) is 20.0 Å². The van der Waals surface area contributed by atoms with Crippen LogP contribution in [0.15, 0.2) is 24.3 Å². The quantitative estimate of drug-likeness (QED) is 0.920. The van der Waals surface area contributed by atoms with Crippen LogP contribution in [-0.2, 0) is 13.5 Å². The average molecular weight is 265 g/mol. The van der Waals surface area contributed by atoms with Gasteiger partial charge in [-0.15, -0.1) is 0 Å². The molecule has 0 saturated heterocycles. The summed E-state index contributed by atoms with van der Waals surface area (Å²) in [5, 5.41) is 7.35. The number of hydrogen-bond donors (Lipinski definition) is 1. The van der Waals surface area contributed by atoms with Crippen molar-refractivity contribution in [2.24, 2.45) is 7.05 Å². The number of nitrogens with one attached hydrogen (secondary N) is 1.